The van der Waals surface area contributed by atoms with Crippen molar-refractivity contribution < 1.29 is 23.8 Å². The number of aliphatic hydroxyl groups excluding tert-OH is 1. The molecule has 6 nitrogen and oxygen atoms in total. The van der Waals surface area contributed by atoms with Crippen LogP contribution in [0.15, 0.2) is 69.7 Å². The monoisotopic (exact) mass is 513 g/mol. The van der Waals surface area contributed by atoms with Crippen LogP contribution in [-0.4, -0.2) is 23.9 Å². The molecule has 0 saturated heterocycles. The predicted molar refractivity (Wildman–Crippen MR) is 132 cm³/mol. The highest BCUT2D eigenvalue weighted by atomic mass is 35.5. The quantitative estimate of drug-likeness (QED) is 0.293. The number of fused-ring (bicyclic) bond motifs is 1. The number of amides is 1. The number of ether oxygens (including phenoxy) is 1. The van der Waals surface area contributed by atoms with Gasteiger partial charge in [-0.15, -0.1) is 11.3 Å². The summed E-state index contributed by atoms with van der Waals surface area (Å²) in [6.45, 7) is 1.81. The van der Waals surface area contributed by atoms with Crippen LogP contribution in [0.5, 0.6) is 5.75 Å². The van der Waals surface area contributed by atoms with Gasteiger partial charge in [-0.3, -0.25) is 14.5 Å². The number of rotatable bonds is 5. The van der Waals surface area contributed by atoms with Crippen LogP contribution in [0.3, 0.4) is 0 Å². The van der Waals surface area contributed by atoms with E-state index in [1.165, 1.54) is 29.4 Å². The van der Waals surface area contributed by atoms with Gasteiger partial charge in [0.2, 0.25) is 5.78 Å². The molecule has 4 aromatic rings. The maximum Gasteiger partial charge on any atom is 0.294 e. The molecule has 0 aliphatic carbocycles. The third kappa shape index (κ3) is 3.57. The zero-order valence-corrected chi connectivity index (χ0v) is 20.3. The molecular weight excluding hydrogens is 497 g/mol. The first-order valence-corrected chi connectivity index (χ1v) is 11.8. The number of carbonyl (C=O) groups is 2. The number of hydrogen-bond donors (Lipinski definition) is 1. The highest BCUT2D eigenvalue weighted by molar-refractivity contribution is 7.10. The van der Waals surface area contributed by atoms with Crippen LogP contribution in [0.1, 0.15) is 27.0 Å². The van der Waals surface area contributed by atoms with Crippen LogP contribution in [0.25, 0.3) is 11.0 Å². The number of carbonyl (C=O) groups excluding carboxylic acids is 2. The number of methoxy groups -OCH3 is 1. The number of aliphatic hydroxyl groups is 1. The van der Waals surface area contributed by atoms with Gasteiger partial charge in [0, 0.05) is 32.1 Å². The minimum atomic E-state index is -0.835. The Bertz CT molecular complexity index is 1490. The van der Waals surface area contributed by atoms with Crippen molar-refractivity contribution in [2.45, 2.75) is 13.0 Å². The van der Waals surface area contributed by atoms with Crippen molar-refractivity contribution in [1.29, 1.82) is 0 Å². The lowest BCUT2D eigenvalue weighted by atomic mass is 9.99. The number of Topliss-reactive ketones (excluding diaryl/α,β-unsaturated/α-hetero) is 1. The summed E-state index contributed by atoms with van der Waals surface area (Å²) < 4.78 is 11.1. The van der Waals surface area contributed by atoms with E-state index in [0.717, 1.165) is 5.56 Å². The van der Waals surface area contributed by atoms with E-state index in [4.69, 9.17) is 32.4 Å². The van der Waals surface area contributed by atoms with Gasteiger partial charge in [-0.05, 0) is 54.3 Å². The third-order valence-corrected chi connectivity index (χ3v) is 7.05. The topological polar surface area (TPSA) is 80.0 Å². The molecule has 0 fully saturated rings. The molecule has 1 aliphatic heterocycles. The van der Waals surface area contributed by atoms with Crippen molar-refractivity contribution in [3.8, 4) is 5.75 Å². The Kier molecular flexibility index (Phi) is 5.64. The van der Waals surface area contributed by atoms with Crippen LogP contribution < -0.4 is 9.64 Å². The van der Waals surface area contributed by atoms with Crippen LogP contribution >= 0.6 is 34.5 Å². The average molecular weight is 514 g/mol. The molecule has 0 radical (unpaired) electrons. The Balaban J connectivity index is 1.66. The number of furan rings is 1. The lowest BCUT2D eigenvalue weighted by molar-refractivity contribution is -0.117. The van der Waals surface area contributed by atoms with Gasteiger partial charge in [0.15, 0.2) is 22.9 Å². The summed E-state index contributed by atoms with van der Waals surface area (Å²) >= 11 is 13.6. The molecular formula is C25H17Cl2NO5S. The fourth-order valence-corrected chi connectivity index (χ4v) is 5.44. The first kappa shape index (κ1) is 22.5. The molecule has 1 aliphatic rings. The van der Waals surface area contributed by atoms with Gasteiger partial charge in [-0.1, -0.05) is 29.3 Å². The van der Waals surface area contributed by atoms with Crippen molar-refractivity contribution in [2.24, 2.45) is 0 Å². The van der Waals surface area contributed by atoms with Gasteiger partial charge in [0.05, 0.1) is 12.7 Å². The molecule has 1 amide bonds. The first-order valence-electron chi connectivity index (χ1n) is 10.2. The van der Waals surface area contributed by atoms with E-state index >= 15 is 0 Å². The standard InChI is InChI=1S/C25H17Cl2NO5S/c1-12-8-14(26)5-6-16(12)28-21(19-4-3-7-34-19)20(23(30)25(28)31)22(29)17-10-13-9-15(27)11-18(32-2)24(13)33-17/h3-11,21,30H,1-2H3. The molecule has 1 N–H and O–H groups in total. The second kappa shape index (κ2) is 8.51. The Morgan fingerprint density at radius 3 is 2.62 bits per heavy atom. The van der Waals surface area contributed by atoms with Gasteiger partial charge in [-0.2, -0.15) is 0 Å². The highest BCUT2D eigenvalue weighted by Crippen LogP contribution is 2.45. The molecule has 1 unspecified atom stereocenters. The Labute approximate surface area is 208 Å². The summed E-state index contributed by atoms with van der Waals surface area (Å²) in [7, 11) is 1.47. The van der Waals surface area contributed by atoms with E-state index in [9.17, 15) is 14.7 Å². The molecule has 2 aromatic carbocycles. The van der Waals surface area contributed by atoms with E-state index in [1.807, 2.05) is 24.4 Å². The fraction of sp³-hybridized carbons (Fsp3) is 0.120. The molecule has 0 saturated carbocycles. The molecule has 0 spiro atoms. The van der Waals surface area contributed by atoms with E-state index < -0.39 is 23.5 Å². The second-order valence-electron chi connectivity index (χ2n) is 7.75. The SMILES string of the molecule is COc1cc(Cl)cc2cc(C(=O)C3=C(O)C(=O)N(c4ccc(Cl)cc4C)C3c3cccs3)oc12. The van der Waals surface area contributed by atoms with Crippen molar-refractivity contribution in [1.82, 2.24) is 0 Å². The zero-order valence-electron chi connectivity index (χ0n) is 18.0. The van der Waals surface area contributed by atoms with Gasteiger partial charge in [-0.25, -0.2) is 0 Å². The van der Waals surface area contributed by atoms with E-state index in [-0.39, 0.29) is 11.3 Å². The van der Waals surface area contributed by atoms with Crippen molar-refractivity contribution in [3.63, 3.8) is 0 Å². The number of halogens is 2. The van der Waals surface area contributed by atoms with E-state index in [2.05, 4.69) is 0 Å². The van der Waals surface area contributed by atoms with Crippen LogP contribution in [0.2, 0.25) is 10.0 Å². The van der Waals surface area contributed by atoms with E-state index in [0.29, 0.717) is 37.3 Å². The lowest BCUT2D eigenvalue weighted by Gasteiger charge is -2.27. The van der Waals surface area contributed by atoms with Crippen molar-refractivity contribution in [3.05, 3.63) is 91.5 Å². The fourth-order valence-electron chi connectivity index (χ4n) is 4.17. The number of thiophene rings is 1. The summed E-state index contributed by atoms with van der Waals surface area (Å²) in [6, 6.07) is 12.6. The molecule has 0 bridgehead atoms. The Hall–Kier alpha value is -3.26. The minimum absolute atomic E-state index is 0.0406. The molecule has 1 atom stereocenters. The summed E-state index contributed by atoms with van der Waals surface area (Å²) in [5, 5.41) is 14.3. The Morgan fingerprint density at radius 2 is 1.94 bits per heavy atom. The number of nitrogens with zero attached hydrogens (tertiary/aromatic N) is 1. The third-order valence-electron chi connectivity index (χ3n) is 5.67. The van der Waals surface area contributed by atoms with Crippen molar-refractivity contribution >= 4 is 62.9 Å². The maximum atomic E-state index is 13.7. The number of hydrogen-bond acceptors (Lipinski definition) is 6. The summed E-state index contributed by atoms with van der Waals surface area (Å²) in [6.07, 6.45) is 0. The first-order chi connectivity index (χ1) is 16.3. The number of ketones is 1. The lowest BCUT2D eigenvalue weighted by Crippen LogP contribution is -2.31. The molecule has 2 aromatic heterocycles. The largest absolute Gasteiger partial charge is 0.503 e. The Morgan fingerprint density at radius 1 is 1.15 bits per heavy atom. The molecule has 9 heteroatoms. The van der Waals surface area contributed by atoms with Gasteiger partial charge in [0.25, 0.3) is 5.91 Å². The molecule has 3 heterocycles. The predicted octanol–water partition coefficient (Wildman–Crippen LogP) is 6.90. The van der Waals surface area contributed by atoms with Crippen LogP contribution in [0, 0.1) is 6.92 Å². The van der Waals surface area contributed by atoms with Gasteiger partial charge < -0.3 is 14.3 Å². The van der Waals surface area contributed by atoms with Gasteiger partial charge in [0.1, 0.15) is 6.04 Å². The van der Waals surface area contributed by atoms with E-state index in [1.54, 1.807) is 30.3 Å². The van der Waals surface area contributed by atoms with Crippen LogP contribution in [0.4, 0.5) is 5.69 Å². The maximum absolute atomic E-state index is 13.7. The number of benzene rings is 2. The number of aryl methyl sites for hydroxylation is 1. The zero-order chi connectivity index (χ0) is 24.1. The van der Waals surface area contributed by atoms with Gasteiger partial charge >= 0.3 is 0 Å². The summed E-state index contributed by atoms with van der Waals surface area (Å²) in [5.74, 6) is -1.57. The smallest absolute Gasteiger partial charge is 0.294 e. The summed E-state index contributed by atoms with van der Waals surface area (Å²) in [5.41, 5.74) is 1.55. The normalized spacial score (nSPS) is 16.1. The molecule has 172 valence electrons. The molecule has 34 heavy (non-hydrogen) atoms. The molecule has 5 rings (SSSR count). The number of anilines is 1. The highest BCUT2D eigenvalue weighted by Gasteiger charge is 2.46. The van der Waals surface area contributed by atoms with Crippen molar-refractivity contribution in [2.75, 3.05) is 12.0 Å². The summed E-state index contributed by atoms with van der Waals surface area (Å²) in [4.78, 5) is 29.1. The second-order valence-corrected chi connectivity index (χ2v) is 9.60. The average Bonchev–Trinajstić information content (AvgIpc) is 3.52. The van der Waals surface area contributed by atoms with Crippen LogP contribution in [-0.2, 0) is 4.79 Å². The minimum Gasteiger partial charge on any atom is -0.503 e.